The third-order valence-corrected chi connectivity index (χ3v) is 4.48. The maximum atomic E-state index is 11.8. The first-order chi connectivity index (χ1) is 16.6. The Morgan fingerprint density at radius 2 is 0.618 bits per heavy atom. The van der Waals surface area contributed by atoms with Gasteiger partial charge < -0.3 is 9.47 Å². The normalized spacial score (nSPS) is 9.24. The van der Waals surface area contributed by atoms with Crippen molar-refractivity contribution in [3.63, 3.8) is 0 Å². The first kappa shape index (κ1) is 25.7. The highest BCUT2D eigenvalue weighted by atomic mass is 16.7. The molecule has 5 nitrogen and oxygen atoms in total. The Kier molecular flexibility index (Phi) is 11.0. The lowest BCUT2D eigenvalue weighted by Crippen LogP contribution is -1.99. The van der Waals surface area contributed by atoms with Crippen LogP contribution in [0.15, 0.2) is 121 Å². The predicted molar refractivity (Wildman–Crippen MR) is 132 cm³/mol. The Morgan fingerprint density at radius 1 is 0.412 bits per heavy atom. The van der Waals surface area contributed by atoms with Gasteiger partial charge in [0.15, 0.2) is 11.6 Å². The highest BCUT2D eigenvalue weighted by Gasteiger charge is 2.07. The van der Waals surface area contributed by atoms with Crippen LogP contribution in [0.2, 0.25) is 0 Å². The monoisotopic (exact) mass is 454 g/mol. The van der Waals surface area contributed by atoms with Crippen LogP contribution < -0.4 is 0 Å². The Labute approximate surface area is 199 Å². The largest absolute Gasteiger partial charge is 0.507 e. The van der Waals surface area contributed by atoms with Gasteiger partial charge in [0.05, 0.1) is 14.2 Å². The van der Waals surface area contributed by atoms with Crippen LogP contribution >= 0.6 is 0 Å². The van der Waals surface area contributed by atoms with Crippen LogP contribution in [0.3, 0.4) is 0 Å². The minimum absolute atomic E-state index is 0.0752. The number of hydrogen-bond donors (Lipinski definition) is 0. The molecule has 0 radical (unpaired) electrons. The van der Waals surface area contributed by atoms with E-state index in [1.165, 1.54) is 14.2 Å². The number of methoxy groups -OCH3 is 2. The number of carbonyl (C=O) groups is 3. The van der Waals surface area contributed by atoms with Gasteiger partial charge in [-0.2, -0.15) is 0 Å². The summed E-state index contributed by atoms with van der Waals surface area (Å²) in [5, 5.41) is 0. The van der Waals surface area contributed by atoms with E-state index in [0.29, 0.717) is 0 Å². The zero-order chi connectivity index (χ0) is 24.6. The quantitative estimate of drug-likeness (QED) is 0.270. The second kappa shape index (κ2) is 14.5. The van der Waals surface area contributed by atoms with Gasteiger partial charge in [-0.3, -0.25) is 9.59 Å². The molecule has 0 saturated carbocycles. The van der Waals surface area contributed by atoms with Crippen LogP contribution in [0.5, 0.6) is 0 Å². The van der Waals surface area contributed by atoms with Gasteiger partial charge in [-0.15, -0.1) is 0 Å². The van der Waals surface area contributed by atoms with E-state index >= 15 is 0 Å². The third kappa shape index (κ3) is 8.55. The highest BCUT2D eigenvalue weighted by Crippen LogP contribution is 2.09. The molecule has 34 heavy (non-hydrogen) atoms. The van der Waals surface area contributed by atoms with E-state index in [1.807, 2.05) is 121 Å². The molecule has 0 heterocycles. The van der Waals surface area contributed by atoms with Gasteiger partial charge in [0.2, 0.25) is 0 Å². The van der Waals surface area contributed by atoms with Crippen LogP contribution in [-0.4, -0.2) is 31.9 Å². The van der Waals surface area contributed by atoms with Crippen molar-refractivity contribution in [2.45, 2.75) is 0 Å². The van der Waals surface area contributed by atoms with Gasteiger partial charge in [-0.1, -0.05) is 121 Å². The van der Waals surface area contributed by atoms with Crippen molar-refractivity contribution in [3.8, 4) is 0 Å². The first-order valence-electron chi connectivity index (χ1n) is 10.5. The number of benzene rings is 4. The van der Waals surface area contributed by atoms with Crippen LogP contribution in [0, 0.1) is 0 Å². The van der Waals surface area contributed by atoms with Crippen molar-refractivity contribution in [3.05, 3.63) is 144 Å². The molecule has 4 rings (SSSR count). The summed E-state index contributed by atoms with van der Waals surface area (Å²) in [7, 11) is 2.51. The average Bonchev–Trinajstić information content (AvgIpc) is 2.94. The number of ketones is 2. The standard InChI is InChI=1S/2C13H10O.C3H6O3/c2*14-13(11-7-3-1-4-8-11)12-9-5-2-6-10-12;1-5-3(4)6-2/h2*1-10H;1-2H3. The van der Waals surface area contributed by atoms with Gasteiger partial charge in [0.1, 0.15) is 0 Å². The molecule has 0 bridgehead atoms. The molecule has 5 heteroatoms. The number of carbonyl (C=O) groups excluding carboxylic acids is 3. The van der Waals surface area contributed by atoms with E-state index in [2.05, 4.69) is 9.47 Å². The van der Waals surface area contributed by atoms with Gasteiger partial charge in [0, 0.05) is 22.3 Å². The maximum absolute atomic E-state index is 11.8. The third-order valence-electron chi connectivity index (χ3n) is 4.48. The van der Waals surface area contributed by atoms with Crippen molar-refractivity contribution in [2.24, 2.45) is 0 Å². The number of ether oxygens (including phenoxy) is 2. The maximum Gasteiger partial charge on any atom is 0.507 e. The first-order valence-corrected chi connectivity index (χ1v) is 10.5. The fourth-order valence-electron chi connectivity index (χ4n) is 2.77. The van der Waals surface area contributed by atoms with Gasteiger partial charge in [0.25, 0.3) is 0 Å². The molecule has 172 valence electrons. The molecule has 0 aliphatic carbocycles. The summed E-state index contributed by atoms with van der Waals surface area (Å²) in [6.45, 7) is 0. The molecule has 0 saturated heterocycles. The summed E-state index contributed by atoms with van der Waals surface area (Å²) in [4.78, 5) is 33.4. The zero-order valence-corrected chi connectivity index (χ0v) is 19.1. The molecule has 0 aromatic heterocycles. The van der Waals surface area contributed by atoms with E-state index in [1.54, 1.807) is 0 Å². The summed E-state index contributed by atoms with van der Waals surface area (Å²) in [6, 6.07) is 37.2. The fourth-order valence-corrected chi connectivity index (χ4v) is 2.77. The Bertz CT molecular complexity index is 966. The average molecular weight is 455 g/mol. The number of rotatable bonds is 4. The van der Waals surface area contributed by atoms with Crippen molar-refractivity contribution < 1.29 is 23.9 Å². The van der Waals surface area contributed by atoms with Crippen molar-refractivity contribution in [1.82, 2.24) is 0 Å². The van der Waals surface area contributed by atoms with Gasteiger partial charge in [-0.05, 0) is 0 Å². The molecule has 0 spiro atoms. The Balaban J connectivity index is 0.000000196. The summed E-state index contributed by atoms with van der Waals surface area (Å²) < 4.78 is 8.08. The molecule has 0 amide bonds. The minimum Gasteiger partial charge on any atom is -0.438 e. The molecule has 0 atom stereocenters. The summed E-state index contributed by atoms with van der Waals surface area (Å²) in [6.07, 6.45) is -0.657. The van der Waals surface area contributed by atoms with Gasteiger partial charge >= 0.3 is 6.16 Å². The van der Waals surface area contributed by atoms with E-state index in [-0.39, 0.29) is 11.6 Å². The molecule has 0 fully saturated rings. The second-order valence-corrected chi connectivity index (χ2v) is 6.78. The Hall–Kier alpha value is -4.51. The molecule has 0 aliphatic heterocycles. The highest BCUT2D eigenvalue weighted by molar-refractivity contribution is 6.09. The Morgan fingerprint density at radius 3 is 0.765 bits per heavy atom. The lowest BCUT2D eigenvalue weighted by atomic mass is 10.0. The smallest absolute Gasteiger partial charge is 0.438 e. The predicted octanol–water partition coefficient (Wildman–Crippen LogP) is 6.23. The van der Waals surface area contributed by atoms with E-state index in [0.717, 1.165) is 22.3 Å². The SMILES string of the molecule is COC(=O)OC.O=C(c1ccccc1)c1ccccc1.O=C(c1ccccc1)c1ccccc1. The second-order valence-electron chi connectivity index (χ2n) is 6.78. The molecular formula is C29H26O5. The summed E-state index contributed by atoms with van der Waals surface area (Å²) >= 11 is 0. The van der Waals surface area contributed by atoms with Crippen LogP contribution in [0.25, 0.3) is 0 Å². The molecule has 0 unspecified atom stereocenters. The number of hydrogen-bond acceptors (Lipinski definition) is 5. The molecular weight excluding hydrogens is 428 g/mol. The molecule has 4 aromatic carbocycles. The minimum atomic E-state index is -0.657. The van der Waals surface area contributed by atoms with E-state index in [4.69, 9.17) is 0 Å². The summed E-state index contributed by atoms with van der Waals surface area (Å²) in [5.41, 5.74) is 2.94. The lowest BCUT2D eigenvalue weighted by Gasteiger charge is -1.99. The van der Waals surface area contributed by atoms with Crippen molar-refractivity contribution in [2.75, 3.05) is 14.2 Å². The van der Waals surface area contributed by atoms with Crippen LogP contribution in [0.4, 0.5) is 4.79 Å². The molecule has 0 aliphatic rings. The topological polar surface area (TPSA) is 69.7 Å². The lowest BCUT2D eigenvalue weighted by molar-refractivity contribution is 0.0923. The van der Waals surface area contributed by atoms with Gasteiger partial charge in [-0.25, -0.2) is 4.79 Å². The van der Waals surface area contributed by atoms with Crippen LogP contribution in [0.1, 0.15) is 31.8 Å². The molecule has 0 N–H and O–H groups in total. The van der Waals surface area contributed by atoms with Crippen LogP contribution in [-0.2, 0) is 9.47 Å². The zero-order valence-electron chi connectivity index (χ0n) is 19.1. The van der Waals surface area contributed by atoms with Crippen molar-refractivity contribution in [1.29, 1.82) is 0 Å². The van der Waals surface area contributed by atoms with E-state index < -0.39 is 6.16 Å². The fraction of sp³-hybridized carbons (Fsp3) is 0.0690. The molecule has 4 aromatic rings. The van der Waals surface area contributed by atoms with E-state index in [9.17, 15) is 14.4 Å². The summed E-state index contributed by atoms with van der Waals surface area (Å²) in [5.74, 6) is 0.150. The van der Waals surface area contributed by atoms with Crippen molar-refractivity contribution >= 4 is 17.7 Å².